The number of hydrogen-bond acceptors (Lipinski definition) is 2. The number of terminal acetylenes is 1. The highest BCUT2D eigenvalue weighted by atomic mass is 32.2. The predicted octanol–water partition coefficient (Wildman–Crippen LogP) is 2.17. The molecule has 2 nitrogen and oxygen atoms in total. The number of carbonyl (C=O) groups excluding carboxylic acids is 1. The molecule has 1 amide bonds. The molecule has 0 aromatic rings. The molecule has 1 heterocycles. The smallest absolute Gasteiger partial charge is 0.226 e. The molecule has 0 aromatic heterocycles. The van der Waals surface area contributed by atoms with Crippen molar-refractivity contribution in [3.63, 3.8) is 0 Å². The van der Waals surface area contributed by atoms with Crippen molar-refractivity contribution in [2.45, 2.75) is 26.3 Å². The number of amides is 1. The first-order valence-electron chi connectivity index (χ1n) is 5.52. The summed E-state index contributed by atoms with van der Waals surface area (Å²) in [5.74, 6) is 4.79. The van der Waals surface area contributed by atoms with Gasteiger partial charge >= 0.3 is 0 Å². The van der Waals surface area contributed by atoms with Gasteiger partial charge in [-0.05, 0) is 13.3 Å². The Bertz CT molecular complexity index is 314. The molecule has 0 aromatic carbocycles. The highest BCUT2D eigenvalue weighted by Gasteiger charge is 2.30. The van der Waals surface area contributed by atoms with E-state index in [1.54, 1.807) is 0 Å². The molecule has 0 spiro atoms. The summed E-state index contributed by atoms with van der Waals surface area (Å²) in [5, 5.41) is 0. The molecule has 0 bridgehead atoms. The molecule has 1 rings (SSSR count). The van der Waals surface area contributed by atoms with Gasteiger partial charge in [-0.3, -0.25) is 4.79 Å². The second-order valence-corrected chi connectivity index (χ2v) is 5.50. The molecular weight excluding hydrogens is 218 g/mol. The molecule has 0 aliphatic carbocycles. The van der Waals surface area contributed by atoms with Gasteiger partial charge in [0.15, 0.2) is 0 Å². The van der Waals surface area contributed by atoms with Gasteiger partial charge in [0.1, 0.15) is 0 Å². The summed E-state index contributed by atoms with van der Waals surface area (Å²) in [4.78, 5) is 14.0. The molecule has 1 aliphatic heterocycles. The Hall–Kier alpha value is -0.880. The maximum Gasteiger partial charge on any atom is 0.226 e. The zero-order valence-corrected chi connectivity index (χ0v) is 10.8. The van der Waals surface area contributed by atoms with Crippen molar-refractivity contribution < 1.29 is 4.79 Å². The number of nitrogens with zero attached hydrogens (tertiary/aromatic N) is 1. The van der Waals surface area contributed by atoms with Gasteiger partial charge in [-0.15, -0.1) is 13.0 Å². The minimum atomic E-state index is -0.00329. The van der Waals surface area contributed by atoms with Crippen LogP contribution in [0.15, 0.2) is 12.2 Å². The van der Waals surface area contributed by atoms with E-state index in [4.69, 9.17) is 6.42 Å². The van der Waals surface area contributed by atoms with Crippen molar-refractivity contribution in [3.8, 4) is 12.3 Å². The fraction of sp³-hybridized carbons (Fsp3) is 0.615. The largest absolute Gasteiger partial charge is 0.327 e. The summed E-state index contributed by atoms with van der Waals surface area (Å²) in [5.41, 5.74) is 1.05. The molecule has 3 heteroatoms. The molecule has 1 saturated heterocycles. The van der Waals surface area contributed by atoms with Gasteiger partial charge < -0.3 is 4.90 Å². The molecule has 16 heavy (non-hydrogen) atoms. The van der Waals surface area contributed by atoms with Crippen LogP contribution in [0.5, 0.6) is 0 Å². The van der Waals surface area contributed by atoms with Crippen LogP contribution in [-0.2, 0) is 4.79 Å². The SMILES string of the molecule is C#CCN(C(=O)C(C)CC(=C)C)C1CSC1. The van der Waals surface area contributed by atoms with Crippen LogP contribution in [0.4, 0.5) is 0 Å². The normalized spacial score (nSPS) is 17.1. The van der Waals surface area contributed by atoms with Gasteiger partial charge in [0.05, 0.1) is 12.6 Å². The van der Waals surface area contributed by atoms with E-state index in [-0.39, 0.29) is 11.8 Å². The summed E-state index contributed by atoms with van der Waals surface area (Å²) in [6.45, 7) is 8.19. The van der Waals surface area contributed by atoms with E-state index in [1.807, 2.05) is 30.5 Å². The third kappa shape index (κ3) is 3.31. The summed E-state index contributed by atoms with van der Waals surface area (Å²) >= 11 is 1.86. The zero-order valence-electron chi connectivity index (χ0n) is 10.0. The summed E-state index contributed by atoms with van der Waals surface area (Å²) < 4.78 is 0. The predicted molar refractivity (Wildman–Crippen MR) is 70.3 cm³/mol. The number of hydrogen-bond donors (Lipinski definition) is 0. The quantitative estimate of drug-likeness (QED) is 0.539. The summed E-state index contributed by atoms with van der Waals surface area (Å²) in [7, 11) is 0. The summed E-state index contributed by atoms with van der Waals surface area (Å²) in [6, 6.07) is 0.348. The van der Waals surface area contributed by atoms with E-state index < -0.39 is 0 Å². The van der Waals surface area contributed by atoms with Crippen molar-refractivity contribution >= 4 is 17.7 Å². The molecule has 1 atom stereocenters. The fourth-order valence-electron chi connectivity index (χ4n) is 1.78. The van der Waals surface area contributed by atoms with Crippen LogP contribution < -0.4 is 0 Å². The van der Waals surface area contributed by atoms with Crippen molar-refractivity contribution in [3.05, 3.63) is 12.2 Å². The van der Waals surface area contributed by atoms with Gasteiger partial charge in [-0.2, -0.15) is 11.8 Å². The first-order valence-corrected chi connectivity index (χ1v) is 6.67. The number of thioether (sulfide) groups is 1. The Labute approximate surface area is 102 Å². The van der Waals surface area contributed by atoms with Gasteiger partial charge in [0.25, 0.3) is 0 Å². The Morgan fingerprint density at radius 2 is 2.31 bits per heavy atom. The Kier molecular flexibility index (Phi) is 4.95. The third-order valence-electron chi connectivity index (χ3n) is 2.68. The number of allylic oxidation sites excluding steroid dienone is 1. The van der Waals surface area contributed by atoms with Crippen LogP contribution in [0.1, 0.15) is 20.3 Å². The van der Waals surface area contributed by atoms with Crippen molar-refractivity contribution in [2.24, 2.45) is 5.92 Å². The second kappa shape index (κ2) is 6.00. The van der Waals surface area contributed by atoms with Crippen LogP contribution in [0.2, 0.25) is 0 Å². The molecule has 1 aliphatic rings. The number of carbonyl (C=O) groups is 1. The van der Waals surface area contributed by atoms with Crippen LogP contribution in [0, 0.1) is 18.3 Å². The van der Waals surface area contributed by atoms with Gasteiger partial charge in [-0.25, -0.2) is 0 Å². The lowest BCUT2D eigenvalue weighted by molar-refractivity contribution is -0.135. The lowest BCUT2D eigenvalue weighted by atomic mass is 10.0. The van der Waals surface area contributed by atoms with E-state index in [0.29, 0.717) is 12.6 Å². The Morgan fingerprint density at radius 3 is 2.69 bits per heavy atom. The maximum atomic E-state index is 12.2. The Balaban J connectivity index is 2.59. The van der Waals surface area contributed by atoms with Crippen LogP contribution in [-0.4, -0.2) is 34.9 Å². The molecule has 88 valence electrons. The van der Waals surface area contributed by atoms with Gasteiger partial charge in [0, 0.05) is 17.4 Å². The van der Waals surface area contributed by atoms with Crippen LogP contribution in [0.25, 0.3) is 0 Å². The standard InChI is InChI=1S/C13H19NOS/c1-5-6-14(12-8-16-9-12)13(15)11(4)7-10(2)3/h1,11-12H,2,6-9H2,3-4H3. The monoisotopic (exact) mass is 237 g/mol. The molecule has 0 saturated carbocycles. The fourth-order valence-corrected chi connectivity index (χ4v) is 2.59. The number of rotatable bonds is 5. The van der Waals surface area contributed by atoms with E-state index in [9.17, 15) is 4.79 Å². The molecular formula is C13H19NOS. The first kappa shape index (κ1) is 13.2. The topological polar surface area (TPSA) is 20.3 Å². The molecule has 0 radical (unpaired) electrons. The highest BCUT2D eigenvalue weighted by Crippen LogP contribution is 2.25. The zero-order chi connectivity index (χ0) is 12.1. The molecule has 0 N–H and O–H groups in total. The average molecular weight is 237 g/mol. The van der Waals surface area contributed by atoms with E-state index in [1.165, 1.54) is 0 Å². The Morgan fingerprint density at radius 1 is 1.69 bits per heavy atom. The van der Waals surface area contributed by atoms with Crippen LogP contribution in [0.3, 0.4) is 0 Å². The van der Waals surface area contributed by atoms with Crippen LogP contribution >= 0.6 is 11.8 Å². The molecule has 1 fully saturated rings. The van der Waals surface area contributed by atoms with Crippen molar-refractivity contribution in [1.29, 1.82) is 0 Å². The second-order valence-electron chi connectivity index (χ2n) is 4.42. The van der Waals surface area contributed by atoms with E-state index in [0.717, 1.165) is 23.5 Å². The third-order valence-corrected chi connectivity index (χ3v) is 3.92. The minimum absolute atomic E-state index is 0.00329. The molecule has 1 unspecified atom stereocenters. The van der Waals surface area contributed by atoms with E-state index in [2.05, 4.69) is 12.5 Å². The lowest BCUT2D eigenvalue weighted by Gasteiger charge is -2.37. The lowest BCUT2D eigenvalue weighted by Crippen LogP contribution is -2.49. The van der Waals surface area contributed by atoms with E-state index >= 15 is 0 Å². The maximum absolute atomic E-state index is 12.2. The first-order chi connectivity index (χ1) is 7.56. The van der Waals surface area contributed by atoms with Gasteiger partial charge in [-0.1, -0.05) is 18.4 Å². The van der Waals surface area contributed by atoms with Crippen molar-refractivity contribution in [1.82, 2.24) is 4.90 Å². The highest BCUT2D eigenvalue weighted by molar-refractivity contribution is 8.00. The van der Waals surface area contributed by atoms with Gasteiger partial charge in [0.2, 0.25) is 5.91 Å². The van der Waals surface area contributed by atoms with Crippen molar-refractivity contribution in [2.75, 3.05) is 18.1 Å². The summed E-state index contributed by atoms with van der Waals surface area (Å²) in [6.07, 6.45) is 6.07. The minimum Gasteiger partial charge on any atom is -0.327 e. The average Bonchev–Trinajstić information content (AvgIpc) is 2.12.